The number of rotatable bonds is 6. The molecular formula is C22H21ClN2O3. The summed E-state index contributed by atoms with van der Waals surface area (Å²) in [5, 5.41) is 12.7. The maximum Gasteiger partial charge on any atom is 0.335 e. The minimum atomic E-state index is -0.973. The number of aromatic nitrogens is 1. The quantitative estimate of drug-likeness (QED) is 0.635. The molecule has 0 saturated carbocycles. The lowest BCUT2D eigenvalue weighted by Crippen LogP contribution is -2.28. The predicted octanol–water partition coefficient (Wildman–Crippen LogP) is 4.69. The SMILES string of the molecule is Cc1cc(C(=O)N[C@@H](C)c2ccc(C(=O)O)cc2)n(Cc2ccc(Cl)cc2)c1. The molecule has 1 heterocycles. The summed E-state index contributed by atoms with van der Waals surface area (Å²) in [7, 11) is 0. The molecule has 0 aliphatic heterocycles. The molecule has 0 aliphatic carbocycles. The molecule has 3 aromatic rings. The Morgan fingerprint density at radius 3 is 2.36 bits per heavy atom. The Kier molecular flexibility index (Phi) is 5.85. The van der Waals surface area contributed by atoms with Crippen LogP contribution in [0.25, 0.3) is 0 Å². The number of halogens is 1. The van der Waals surface area contributed by atoms with Gasteiger partial charge in [0.2, 0.25) is 0 Å². The topological polar surface area (TPSA) is 71.3 Å². The molecule has 2 aromatic carbocycles. The van der Waals surface area contributed by atoms with E-state index in [1.165, 1.54) is 12.1 Å². The molecule has 1 amide bonds. The summed E-state index contributed by atoms with van der Waals surface area (Å²) >= 11 is 5.94. The third kappa shape index (κ3) is 4.61. The van der Waals surface area contributed by atoms with Crippen molar-refractivity contribution in [3.05, 3.63) is 93.8 Å². The van der Waals surface area contributed by atoms with Gasteiger partial charge >= 0.3 is 5.97 Å². The summed E-state index contributed by atoms with van der Waals surface area (Å²) in [6.45, 7) is 4.38. The number of carboxylic acid groups (broad SMARTS) is 1. The van der Waals surface area contributed by atoms with Crippen LogP contribution in [0.5, 0.6) is 0 Å². The van der Waals surface area contributed by atoms with Crippen LogP contribution in [0.15, 0.2) is 60.8 Å². The first kappa shape index (κ1) is 19.7. The Hall–Kier alpha value is -3.05. The summed E-state index contributed by atoms with van der Waals surface area (Å²) in [5.74, 6) is -1.16. The highest BCUT2D eigenvalue weighted by Crippen LogP contribution is 2.17. The van der Waals surface area contributed by atoms with Crippen molar-refractivity contribution in [2.24, 2.45) is 0 Å². The van der Waals surface area contributed by atoms with Crippen molar-refractivity contribution in [3.8, 4) is 0 Å². The van der Waals surface area contributed by atoms with E-state index in [0.29, 0.717) is 17.3 Å². The first-order valence-corrected chi connectivity index (χ1v) is 9.26. The molecule has 0 bridgehead atoms. The van der Waals surface area contributed by atoms with Crippen molar-refractivity contribution in [2.45, 2.75) is 26.4 Å². The number of aryl methyl sites for hydroxylation is 1. The van der Waals surface area contributed by atoms with Crippen LogP contribution in [0.2, 0.25) is 5.02 Å². The van der Waals surface area contributed by atoms with Crippen LogP contribution in [-0.2, 0) is 6.54 Å². The van der Waals surface area contributed by atoms with Crippen LogP contribution in [0.4, 0.5) is 0 Å². The van der Waals surface area contributed by atoms with Gasteiger partial charge in [-0.2, -0.15) is 0 Å². The van der Waals surface area contributed by atoms with Crippen molar-refractivity contribution < 1.29 is 14.7 Å². The summed E-state index contributed by atoms with van der Waals surface area (Å²) in [5.41, 5.74) is 3.67. The van der Waals surface area contributed by atoms with Gasteiger partial charge < -0.3 is 15.0 Å². The van der Waals surface area contributed by atoms with Gasteiger partial charge in [-0.3, -0.25) is 4.79 Å². The van der Waals surface area contributed by atoms with Gasteiger partial charge in [0, 0.05) is 17.8 Å². The number of hydrogen-bond acceptors (Lipinski definition) is 2. The maximum absolute atomic E-state index is 12.8. The van der Waals surface area contributed by atoms with Gasteiger partial charge in [-0.05, 0) is 60.9 Å². The van der Waals surface area contributed by atoms with Gasteiger partial charge in [0.25, 0.3) is 5.91 Å². The number of aromatic carboxylic acids is 1. The molecule has 0 saturated heterocycles. The molecule has 0 aliphatic rings. The normalized spacial score (nSPS) is 11.8. The van der Waals surface area contributed by atoms with Gasteiger partial charge in [0.05, 0.1) is 11.6 Å². The fourth-order valence-corrected chi connectivity index (χ4v) is 3.16. The fourth-order valence-electron chi connectivity index (χ4n) is 3.03. The standard InChI is InChI=1S/C22H21ClN2O3/c1-14-11-20(25(12-14)13-16-3-9-19(23)10-4-16)21(26)24-15(2)17-5-7-18(8-6-17)22(27)28/h3-12,15H,13H2,1-2H3,(H,24,26)(H,27,28)/t15-/m0/s1. The monoisotopic (exact) mass is 396 g/mol. The Morgan fingerprint density at radius 1 is 1.11 bits per heavy atom. The lowest BCUT2D eigenvalue weighted by molar-refractivity contribution is 0.0696. The largest absolute Gasteiger partial charge is 0.478 e. The van der Waals surface area contributed by atoms with E-state index < -0.39 is 5.97 Å². The highest BCUT2D eigenvalue weighted by atomic mass is 35.5. The fraction of sp³-hybridized carbons (Fsp3) is 0.182. The number of carbonyl (C=O) groups is 2. The molecule has 144 valence electrons. The number of hydrogen-bond donors (Lipinski definition) is 2. The molecule has 2 N–H and O–H groups in total. The zero-order chi connectivity index (χ0) is 20.3. The van der Waals surface area contributed by atoms with E-state index in [4.69, 9.17) is 16.7 Å². The van der Waals surface area contributed by atoms with E-state index in [0.717, 1.165) is 16.7 Å². The summed E-state index contributed by atoms with van der Waals surface area (Å²) in [4.78, 5) is 23.8. The van der Waals surface area contributed by atoms with Crippen molar-refractivity contribution in [1.29, 1.82) is 0 Å². The highest BCUT2D eigenvalue weighted by Gasteiger charge is 2.16. The van der Waals surface area contributed by atoms with Crippen LogP contribution in [0, 0.1) is 6.92 Å². The molecule has 6 heteroatoms. The average Bonchev–Trinajstić information content (AvgIpc) is 3.04. The van der Waals surface area contributed by atoms with Gasteiger partial charge in [0.15, 0.2) is 0 Å². The van der Waals surface area contributed by atoms with Crippen LogP contribution in [-0.4, -0.2) is 21.6 Å². The van der Waals surface area contributed by atoms with Crippen molar-refractivity contribution in [2.75, 3.05) is 0 Å². The van der Waals surface area contributed by atoms with Crippen molar-refractivity contribution in [1.82, 2.24) is 9.88 Å². The van der Waals surface area contributed by atoms with E-state index >= 15 is 0 Å². The number of amides is 1. The minimum Gasteiger partial charge on any atom is -0.478 e. The summed E-state index contributed by atoms with van der Waals surface area (Å²) in [6, 6.07) is 15.6. The van der Waals surface area contributed by atoms with E-state index in [9.17, 15) is 9.59 Å². The second-order valence-electron chi connectivity index (χ2n) is 6.78. The summed E-state index contributed by atoms with van der Waals surface area (Å²) < 4.78 is 1.91. The number of nitrogens with one attached hydrogen (secondary N) is 1. The smallest absolute Gasteiger partial charge is 0.335 e. The number of benzene rings is 2. The zero-order valence-corrected chi connectivity index (χ0v) is 16.4. The summed E-state index contributed by atoms with van der Waals surface area (Å²) in [6.07, 6.45) is 1.94. The highest BCUT2D eigenvalue weighted by molar-refractivity contribution is 6.30. The van der Waals surface area contributed by atoms with Gasteiger partial charge in [0.1, 0.15) is 5.69 Å². The molecule has 0 spiro atoms. The molecule has 0 radical (unpaired) electrons. The third-order valence-electron chi connectivity index (χ3n) is 4.54. The van der Waals surface area contributed by atoms with Crippen LogP contribution >= 0.6 is 11.6 Å². The van der Waals surface area contributed by atoms with E-state index in [-0.39, 0.29) is 17.5 Å². The molecule has 28 heavy (non-hydrogen) atoms. The molecule has 3 rings (SSSR count). The van der Waals surface area contributed by atoms with Crippen molar-refractivity contribution in [3.63, 3.8) is 0 Å². The Labute approximate surface area is 168 Å². The van der Waals surface area contributed by atoms with Crippen LogP contribution in [0.1, 0.15) is 50.5 Å². The molecule has 0 unspecified atom stereocenters. The van der Waals surface area contributed by atoms with E-state index in [1.54, 1.807) is 12.1 Å². The van der Waals surface area contributed by atoms with Crippen molar-refractivity contribution >= 4 is 23.5 Å². The lowest BCUT2D eigenvalue weighted by atomic mass is 10.1. The second-order valence-corrected chi connectivity index (χ2v) is 7.22. The minimum absolute atomic E-state index is 0.183. The number of nitrogens with zero attached hydrogens (tertiary/aromatic N) is 1. The molecule has 1 atom stereocenters. The maximum atomic E-state index is 12.8. The Morgan fingerprint density at radius 2 is 1.75 bits per heavy atom. The third-order valence-corrected chi connectivity index (χ3v) is 4.79. The molecule has 5 nitrogen and oxygen atoms in total. The van der Waals surface area contributed by atoms with E-state index in [2.05, 4.69) is 5.32 Å². The predicted molar refractivity (Wildman–Crippen MR) is 109 cm³/mol. The lowest BCUT2D eigenvalue weighted by Gasteiger charge is -2.16. The second kappa shape index (κ2) is 8.31. The zero-order valence-electron chi connectivity index (χ0n) is 15.6. The number of carboxylic acids is 1. The first-order valence-electron chi connectivity index (χ1n) is 8.89. The van der Waals surface area contributed by atoms with Gasteiger partial charge in [-0.25, -0.2) is 4.79 Å². The Balaban J connectivity index is 1.75. The molecule has 0 fully saturated rings. The van der Waals surface area contributed by atoms with Crippen LogP contribution < -0.4 is 5.32 Å². The number of carbonyl (C=O) groups excluding carboxylic acids is 1. The van der Waals surface area contributed by atoms with E-state index in [1.807, 2.05) is 54.9 Å². The molecular weight excluding hydrogens is 376 g/mol. The van der Waals surface area contributed by atoms with Gasteiger partial charge in [-0.1, -0.05) is 35.9 Å². The first-order chi connectivity index (χ1) is 13.3. The Bertz CT molecular complexity index is 992. The van der Waals surface area contributed by atoms with Gasteiger partial charge in [-0.15, -0.1) is 0 Å². The average molecular weight is 397 g/mol. The van der Waals surface area contributed by atoms with Crippen LogP contribution in [0.3, 0.4) is 0 Å². The molecule has 1 aromatic heterocycles.